The fourth-order valence-corrected chi connectivity index (χ4v) is 3.48. The van der Waals surface area contributed by atoms with Gasteiger partial charge >= 0.3 is 6.03 Å². The predicted octanol–water partition coefficient (Wildman–Crippen LogP) is 4.31. The molecule has 0 aliphatic carbocycles. The van der Waals surface area contributed by atoms with Crippen molar-refractivity contribution in [3.05, 3.63) is 94.5 Å². The Morgan fingerprint density at radius 1 is 1.20 bits per heavy atom. The first-order valence-corrected chi connectivity index (χ1v) is 10.0. The average Bonchev–Trinajstić information content (AvgIpc) is 2.70. The van der Waals surface area contributed by atoms with Gasteiger partial charge < -0.3 is 16.0 Å². The summed E-state index contributed by atoms with van der Waals surface area (Å²) in [6.45, 7) is 8.62. The first-order valence-electron chi connectivity index (χ1n) is 9.66. The molecule has 0 atom stereocenters. The summed E-state index contributed by atoms with van der Waals surface area (Å²) < 4.78 is 0. The highest BCUT2D eigenvalue weighted by Gasteiger charge is 2.33. The van der Waals surface area contributed by atoms with Gasteiger partial charge in [-0.15, -0.1) is 0 Å². The average molecular weight is 425 g/mol. The zero-order chi connectivity index (χ0) is 21.8. The zero-order valence-electron chi connectivity index (χ0n) is 17.1. The first kappa shape index (κ1) is 21.5. The molecular formula is C23H25ClN4O2. The summed E-state index contributed by atoms with van der Waals surface area (Å²) in [6, 6.07) is 15.9. The Morgan fingerprint density at radius 2 is 1.90 bits per heavy atom. The quantitative estimate of drug-likeness (QED) is 0.725. The smallest absolute Gasteiger partial charge is 0.327 e. The number of amides is 3. The maximum atomic E-state index is 13.4. The molecule has 2 aromatic rings. The van der Waals surface area contributed by atoms with Gasteiger partial charge in [-0.05, 0) is 29.7 Å². The maximum Gasteiger partial charge on any atom is 0.327 e. The molecular weight excluding hydrogens is 400 g/mol. The summed E-state index contributed by atoms with van der Waals surface area (Å²) in [5, 5.41) is 3.20. The van der Waals surface area contributed by atoms with Crippen molar-refractivity contribution in [3.8, 4) is 0 Å². The fourth-order valence-electron chi connectivity index (χ4n) is 3.29. The lowest BCUT2D eigenvalue weighted by molar-refractivity contribution is 0.0783. The number of nitrogens with zero attached hydrogens (tertiary/aromatic N) is 2. The Bertz CT molecular complexity index is 1000. The topological polar surface area (TPSA) is 78.7 Å². The Morgan fingerprint density at radius 3 is 2.53 bits per heavy atom. The molecule has 0 fully saturated rings. The van der Waals surface area contributed by atoms with Crippen molar-refractivity contribution in [1.82, 2.24) is 15.1 Å². The van der Waals surface area contributed by atoms with E-state index in [4.69, 9.17) is 17.3 Å². The van der Waals surface area contributed by atoms with E-state index in [0.717, 1.165) is 5.56 Å². The number of halogens is 1. The molecule has 156 valence electrons. The van der Waals surface area contributed by atoms with Gasteiger partial charge in [0.25, 0.3) is 5.91 Å². The molecule has 0 unspecified atom stereocenters. The second-order valence-corrected chi connectivity index (χ2v) is 7.97. The number of nitrogens with one attached hydrogen (secondary N) is 1. The van der Waals surface area contributed by atoms with Crippen molar-refractivity contribution >= 4 is 23.5 Å². The molecule has 0 saturated carbocycles. The lowest BCUT2D eigenvalue weighted by Gasteiger charge is -2.36. The highest BCUT2D eigenvalue weighted by molar-refractivity contribution is 6.31. The van der Waals surface area contributed by atoms with E-state index in [1.807, 2.05) is 44.2 Å². The molecule has 0 aromatic heterocycles. The molecule has 1 aliphatic heterocycles. The predicted molar refractivity (Wildman–Crippen MR) is 118 cm³/mol. The summed E-state index contributed by atoms with van der Waals surface area (Å²) >= 11 is 6.08. The van der Waals surface area contributed by atoms with E-state index in [0.29, 0.717) is 22.8 Å². The fraction of sp³-hybridized carbons (Fsp3) is 0.217. The molecule has 1 aliphatic rings. The molecule has 0 radical (unpaired) electrons. The third-order valence-electron chi connectivity index (χ3n) is 4.64. The van der Waals surface area contributed by atoms with E-state index in [9.17, 15) is 9.59 Å². The van der Waals surface area contributed by atoms with Crippen LogP contribution < -0.4 is 11.1 Å². The number of benzene rings is 2. The molecule has 3 N–H and O–H groups in total. The molecule has 7 heteroatoms. The van der Waals surface area contributed by atoms with Crippen molar-refractivity contribution in [1.29, 1.82) is 0 Å². The number of nitrogens with two attached hydrogens (primary N) is 1. The zero-order valence-corrected chi connectivity index (χ0v) is 17.8. The van der Waals surface area contributed by atoms with Gasteiger partial charge in [0.2, 0.25) is 0 Å². The summed E-state index contributed by atoms with van der Waals surface area (Å²) in [5.74, 6) is 0.0752. The molecule has 2 aromatic carbocycles. The van der Waals surface area contributed by atoms with E-state index >= 15 is 0 Å². The van der Waals surface area contributed by atoms with Crippen LogP contribution in [0.25, 0.3) is 0 Å². The molecule has 3 amide bonds. The first-order chi connectivity index (χ1) is 14.3. The Hall–Kier alpha value is -3.25. The van der Waals surface area contributed by atoms with Crippen LogP contribution in [0.2, 0.25) is 5.02 Å². The second-order valence-electron chi connectivity index (χ2n) is 7.53. The van der Waals surface area contributed by atoms with Gasteiger partial charge in [-0.1, -0.05) is 68.4 Å². The van der Waals surface area contributed by atoms with Gasteiger partial charge in [0.1, 0.15) is 11.5 Å². The van der Waals surface area contributed by atoms with Crippen molar-refractivity contribution in [2.75, 3.05) is 6.54 Å². The van der Waals surface area contributed by atoms with Gasteiger partial charge in [-0.2, -0.15) is 0 Å². The molecule has 0 spiro atoms. The molecule has 30 heavy (non-hydrogen) atoms. The van der Waals surface area contributed by atoms with Gasteiger partial charge in [0.15, 0.2) is 0 Å². The number of hydrogen-bond donors (Lipinski definition) is 2. The lowest BCUT2D eigenvalue weighted by Crippen LogP contribution is -2.50. The monoisotopic (exact) mass is 424 g/mol. The van der Waals surface area contributed by atoms with Crippen LogP contribution in [0.3, 0.4) is 0 Å². The van der Waals surface area contributed by atoms with E-state index in [1.165, 1.54) is 4.90 Å². The van der Waals surface area contributed by atoms with E-state index in [2.05, 4.69) is 11.9 Å². The van der Waals surface area contributed by atoms with E-state index < -0.39 is 0 Å². The third kappa shape index (κ3) is 4.66. The summed E-state index contributed by atoms with van der Waals surface area (Å²) in [5.41, 5.74) is 8.47. The Labute approximate surface area is 181 Å². The lowest BCUT2D eigenvalue weighted by atomic mass is 10.1. The second kappa shape index (κ2) is 9.05. The molecule has 0 bridgehead atoms. The number of urea groups is 1. The third-order valence-corrected chi connectivity index (χ3v) is 4.88. The van der Waals surface area contributed by atoms with Crippen LogP contribution in [0.1, 0.15) is 29.8 Å². The van der Waals surface area contributed by atoms with Crippen LogP contribution in [0, 0.1) is 5.92 Å². The summed E-state index contributed by atoms with van der Waals surface area (Å²) in [6.07, 6.45) is 0. The van der Waals surface area contributed by atoms with Gasteiger partial charge in [0, 0.05) is 17.1 Å². The Kier molecular flexibility index (Phi) is 6.47. The van der Waals surface area contributed by atoms with Crippen molar-refractivity contribution in [2.45, 2.75) is 20.4 Å². The van der Waals surface area contributed by atoms with Gasteiger partial charge in [-0.25, -0.2) is 4.79 Å². The number of carbonyl (C=O) groups is 2. The van der Waals surface area contributed by atoms with Crippen LogP contribution in [-0.4, -0.2) is 28.3 Å². The minimum Gasteiger partial charge on any atom is -0.383 e. The standard InChI is InChI=1S/C23H25ClN4O2/c1-15(2)13-27(22(29)18-10-7-11-19(24)12-18)20-16(3)26-23(30)28(21(20)25)14-17-8-5-4-6-9-17/h4-12,15H,3,13-14,25H2,1-2H3,(H,26,30). The molecule has 1 heterocycles. The van der Waals surface area contributed by atoms with Crippen molar-refractivity contribution in [3.63, 3.8) is 0 Å². The normalized spacial score (nSPS) is 14.2. The van der Waals surface area contributed by atoms with Crippen LogP contribution in [0.5, 0.6) is 0 Å². The number of carbonyl (C=O) groups excluding carboxylic acids is 2. The van der Waals surface area contributed by atoms with Crippen LogP contribution in [0.4, 0.5) is 4.79 Å². The molecule has 3 rings (SSSR count). The van der Waals surface area contributed by atoms with Crippen molar-refractivity contribution < 1.29 is 9.59 Å². The van der Waals surface area contributed by atoms with E-state index in [1.54, 1.807) is 29.2 Å². The SMILES string of the molecule is C=C1NC(=O)N(Cc2ccccc2)C(N)=C1N(CC(C)C)C(=O)c1cccc(Cl)c1. The van der Waals surface area contributed by atoms with Crippen LogP contribution in [0.15, 0.2) is 78.4 Å². The highest BCUT2D eigenvalue weighted by atomic mass is 35.5. The molecule has 6 nitrogen and oxygen atoms in total. The Balaban J connectivity index is 2.04. The van der Waals surface area contributed by atoms with Gasteiger partial charge in [0.05, 0.1) is 12.2 Å². The van der Waals surface area contributed by atoms with Crippen LogP contribution >= 0.6 is 11.6 Å². The minimum absolute atomic E-state index is 0.154. The molecule has 0 saturated heterocycles. The largest absolute Gasteiger partial charge is 0.383 e. The van der Waals surface area contributed by atoms with Crippen molar-refractivity contribution in [2.24, 2.45) is 11.7 Å². The number of rotatable bonds is 6. The minimum atomic E-state index is -0.384. The van der Waals surface area contributed by atoms with E-state index in [-0.39, 0.29) is 35.9 Å². The summed E-state index contributed by atoms with van der Waals surface area (Å²) in [4.78, 5) is 29.0. The summed E-state index contributed by atoms with van der Waals surface area (Å²) in [7, 11) is 0. The number of hydrogen-bond acceptors (Lipinski definition) is 3. The van der Waals surface area contributed by atoms with Crippen LogP contribution in [-0.2, 0) is 6.54 Å². The van der Waals surface area contributed by atoms with Gasteiger partial charge in [-0.3, -0.25) is 9.69 Å². The maximum absolute atomic E-state index is 13.4. The highest BCUT2D eigenvalue weighted by Crippen LogP contribution is 2.26.